The van der Waals surface area contributed by atoms with Gasteiger partial charge < -0.3 is 10.5 Å². The summed E-state index contributed by atoms with van der Waals surface area (Å²) in [5.74, 6) is -0.243. The average Bonchev–Trinajstić information content (AvgIpc) is 2.70. The van der Waals surface area contributed by atoms with Crippen LogP contribution in [0.2, 0.25) is 0 Å². The van der Waals surface area contributed by atoms with Crippen LogP contribution in [0.15, 0.2) is 36.4 Å². The lowest BCUT2D eigenvalue weighted by atomic mass is 9.92. The molecule has 0 saturated heterocycles. The first kappa shape index (κ1) is 20.1. The Balaban J connectivity index is 1.71. The molecule has 0 radical (unpaired) electrons. The number of fused-ring (bicyclic) bond motifs is 1. The summed E-state index contributed by atoms with van der Waals surface area (Å²) in [4.78, 5) is 8.32. The number of aryl methyl sites for hydroxylation is 3. The minimum atomic E-state index is -4.65. The number of hydrogen-bond acceptors (Lipinski definition) is 4. The van der Waals surface area contributed by atoms with Crippen LogP contribution in [0.25, 0.3) is 11.3 Å². The molecule has 1 heterocycles. The first-order valence-corrected chi connectivity index (χ1v) is 9.53. The van der Waals surface area contributed by atoms with Crippen molar-refractivity contribution in [3.05, 3.63) is 64.7 Å². The third-order valence-electron chi connectivity index (χ3n) is 5.11. The number of benzene rings is 2. The van der Waals surface area contributed by atoms with E-state index in [4.69, 9.17) is 10.5 Å². The van der Waals surface area contributed by atoms with E-state index in [9.17, 15) is 17.6 Å². The lowest BCUT2D eigenvalue weighted by Gasteiger charge is -2.17. The molecule has 1 aromatic heterocycles. The quantitative estimate of drug-likeness (QED) is 0.542. The predicted molar refractivity (Wildman–Crippen MR) is 105 cm³/mol. The maximum absolute atomic E-state index is 14.5. The summed E-state index contributed by atoms with van der Waals surface area (Å²) in [5.41, 5.74) is 7.32. The average molecular weight is 417 g/mol. The van der Waals surface area contributed by atoms with Crippen molar-refractivity contribution in [3.63, 3.8) is 0 Å². The van der Waals surface area contributed by atoms with Crippen LogP contribution in [-0.2, 0) is 19.0 Å². The van der Waals surface area contributed by atoms with Crippen molar-refractivity contribution in [1.82, 2.24) is 9.97 Å². The Labute approximate surface area is 170 Å². The van der Waals surface area contributed by atoms with Crippen molar-refractivity contribution in [1.29, 1.82) is 0 Å². The van der Waals surface area contributed by atoms with Crippen molar-refractivity contribution in [2.75, 3.05) is 5.73 Å². The van der Waals surface area contributed by atoms with Crippen molar-refractivity contribution in [2.24, 2.45) is 0 Å². The Morgan fingerprint density at radius 3 is 2.40 bits per heavy atom. The number of hydrogen-bond donors (Lipinski definition) is 1. The van der Waals surface area contributed by atoms with E-state index >= 15 is 0 Å². The Bertz CT molecular complexity index is 1110. The predicted octanol–water partition coefficient (Wildman–Crippen LogP) is 5.86. The number of ether oxygens (including phenoxy) is 1. The molecule has 0 amide bonds. The molecule has 2 aromatic carbocycles. The normalized spacial score (nSPS) is 13.8. The standard InChI is InChI=1S/C22H19F4N3O/c1-12-28-20(17-9-7-15(11-18(17)23)22(24,25)26)19(27)21(29-12)30-16-8-6-13-4-2-3-5-14(13)10-16/h6-11H,2-5,27H2,1H3. The SMILES string of the molecule is Cc1nc(Oc2ccc3c(c2)CCCC3)c(N)c(-c2ccc(C(F)(F)F)cc2F)n1. The van der Waals surface area contributed by atoms with Crippen LogP contribution in [0.4, 0.5) is 23.2 Å². The number of alkyl halides is 3. The molecule has 30 heavy (non-hydrogen) atoms. The van der Waals surface area contributed by atoms with E-state index in [1.54, 1.807) is 6.92 Å². The van der Waals surface area contributed by atoms with E-state index in [0.29, 0.717) is 11.8 Å². The zero-order valence-electron chi connectivity index (χ0n) is 16.2. The second-order valence-electron chi connectivity index (χ2n) is 7.27. The van der Waals surface area contributed by atoms with Gasteiger partial charge in [-0.15, -0.1) is 0 Å². The minimum absolute atomic E-state index is 0.0123. The summed E-state index contributed by atoms with van der Waals surface area (Å²) in [7, 11) is 0. The molecule has 0 fully saturated rings. The molecule has 4 nitrogen and oxygen atoms in total. The molecule has 8 heteroatoms. The summed E-state index contributed by atoms with van der Waals surface area (Å²) < 4.78 is 58.8. The third kappa shape index (κ3) is 3.94. The first-order valence-electron chi connectivity index (χ1n) is 9.53. The summed E-state index contributed by atoms with van der Waals surface area (Å²) in [6.45, 7) is 1.57. The second-order valence-corrected chi connectivity index (χ2v) is 7.27. The van der Waals surface area contributed by atoms with E-state index < -0.39 is 17.6 Å². The molecule has 1 aliphatic carbocycles. The van der Waals surface area contributed by atoms with E-state index in [2.05, 4.69) is 9.97 Å². The molecule has 0 bridgehead atoms. The highest BCUT2D eigenvalue weighted by Gasteiger charge is 2.31. The molecule has 0 aliphatic heterocycles. The fourth-order valence-corrected chi connectivity index (χ4v) is 3.61. The van der Waals surface area contributed by atoms with Gasteiger partial charge in [-0.2, -0.15) is 18.2 Å². The van der Waals surface area contributed by atoms with Crippen LogP contribution in [0, 0.1) is 12.7 Å². The molecule has 3 aromatic rings. The monoisotopic (exact) mass is 417 g/mol. The second kappa shape index (κ2) is 7.59. The molecule has 156 valence electrons. The lowest BCUT2D eigenvalue weighted by Crippen LogP contribution is -2.07. The van der Waals surface area contributed by atoms with E-state index in [-0.39, 0.29) is 28.6 Å². The molecule has 0 spiro atoms. The zero-order valence-corrected chi connectivity index (χ0v) is 16.2. The van der Waals surface area contributed by atoms with Gasteiger partial charge in [-0.1, -0.05) is 6.07 Å². The van der Waals surface area contributed by atoms with Crippen LogP contribution in [0.3, 0.4) is 0 Å². The number of anilines is 1. The molecule has 4 rings (SSSR count). The molecule has 0 unspecified atom stereocenters. The van der Waals surface area contributed by atoms with Crippen LogP contribution in [0.5, 0.6) is 11.6 Å². The van der Waals surface area contributed by atoms with Gasteiger partial charge >= 0.3 is 6.18 Å². The van der Waals surface area contributed by atoms with Gasteiger partial charge in [0.1, 0.15) is 28.8 Å². The van der Waals surface area contributed by atoms with Gasteiger partial charge in [-0.25, -0.2) is 9.37 Å². The van der Waals surface area contributed by atoms with Gasteiger partial charge in [0.15, 0.2) is 0 Å². The minimum Gasteiger partial charge on any atom is -0.437 e. The highest BCUT2D eigenvalue weighted by molar-refractivity contribution is 5.76. The highest BCUT2D eigenvalue weighted by atomic mass is 19.4. The van der Waals surface area contributed by atoms with Gasteiger partial charge in [0, 0.05) is 5.56 Å². The molecule has 1 aliphatic rings. The van der Waals surface area contributed by atoms with Crippen LogP contribution >= 0.6 is 0 Å². The number of aromatic nitrogens is 2. The van der Waals surface area contributed by atoms with Crippen molar-refractivity contribution >= 4 is 5.69 Å². The third-order valence-corrected chi connectivity index (χ3v) is 5.11. The first-order chi connectivity index (χ1) is 14.2. The molecular formula is C22H19F4N3O. The molecular weight excluding hydrogens is 398 g/mol. The smallest absolute Gasteiger partial charge is 0.416 e. The molecule has 2 N–H and O–H groups in total. The van der Waals surface area contributed by atoms with Crippen LogP contribution < -0.4 is 10.5 Å². The molecule has 0 atom stereocenters. The summed E-state index contributed by atoms with van der Waals surface area (Å²) >= 11 is 0. The van der Waals surface area contributed by atoms with Gasteiger partial charge in [0.25, 0.3) is 0 Å². The van der Waals surface area contributed by atoms with Crippen LogP contribution in [-0.4, -0.2) is 9.97 Å². The zero-order chi connectivity index (χ0) is 21.5. The lowest BCUT2D eigenvalue weighted by molar-refractivity contribution is -0.137. The van der Waals surface area contributed by atoms with Gasteiger partial charge in [0.2, 0.25) is 5.88 Å². The topological polar surface area (TPSA) is 61.0 Å². The fourth-order valence-electron chi connectivity index (χ4n) is 3.61. The van der Waals surface area contributed by atoms with Crippen LogP contribution in [0.1, 0.15) is 35.4 Å². The highest BCUT2D eigenvalue weighted by Crippen LogP contribution is 2.37. The Kier molecular flexibility index (Phi) is 5.09. The summed E-state index contributed by atoms with van der Waals surface area (Å²) in [5, 5.41) is 0. The van der Waals surface area contributed by atoms with Gasteiger partial charge in [-0.05, 0) is 74.1 Å². The maximum atomic E-state index is 14.5. The Morgan fingerprint density at radius 1 is 0.967 bits per heavy atom. The van der Waals surface area contributed by atoms with Gasteiger partial charge in [-0.3, -0.25) is 0 Å². The van der Waals surface area contributed by atoms with E-state index in [0.717, 1.165) is 37.8 Å². The largest absolute Gasteiger partial charge is 0.437 e. The Morgan fingerprint density at radius 2 is 1.70 bits per heavy atom. The Hall–Kier alpha value is -3.16. The summed E-state index contributed by atoms with van der Waals surface area (Å²) in [6.07, 6.45) is -0.377. The number of nitrogen functional groups attached to an aromatic ring is 1. The summed E-state index contributed by atoms with van der Waals surface area (Å²) in [6, 6.07) is 7.99. The van der Waals surface area contributed by atoms with Crippen molar-refractivity contribution in [2.45, 2.75) is 38.8 Å². The number of nitrogens with two attached hydrogens (primary N) is 1. The number of halogens is 4. The van der Waals surface area contributed by atoms with Crippen molar-refractivity contribution < 1.29 is 22.3 Å². The van der Waals surface area contributed by atoms with E-state index in [1.165, 1.54) is 11.1 Å². The van der Waals surface area contributed by atoms with Crippen molar-refractivity contribution in [3.8, 4) is 22.9 Å². The van der Waals surface area contributed by atoms with E-state index in [1.807, 2.05) is 18.2 Å². The number of rotatable bonds is 3. The maximum Gasteiger partial charge on any atom is 0.416 e. The number of nitrogens with zero attached hydrogens (tertiary/aromatic N) is 2. The van der Waals surface area contributed by atoms with Gasteiger partial charge in [0.05, 0.1) is 5.56 Å². The molecule has 0 saturated carbocycles. The fraction of sp³-hybridized carbons (Fsp3) is 0.273.